The third-order valence-electron chi connectivity index (χ3n) is 5.85. The lowest BCUT2D eigenvalue weighted by Gasteiger charge is -2.48. The van der Waals surface area contributed by atoms with Crippen molar-refractivity contribution in [3.05, 3.63) is 65.9 Å². The van der Waals surface area contributed by atoms with E-state index in [0.29, 0.717) is 5.75 Å². The fourth-order valence-electron chi connectivity index (χ4n) is 4.24. The molecule has 12 heteroatoms. The van der Waals surface area contributed by atoms with Crippen LogP contribution in [0.3, 0.4) is 0 Å². The van der Waals surface area contributed by atoms with E-state index in [1.807, 2.05) is 37.3 Å². The maximum Gasteiger partial charge on any atom is 0.409 e. The third kappa shape index (κ3) is 5.40. The van der Waals surface area contributed by atoms with E-state index in [1.165, 1.54) is 29.6 Å². The molecule has 36 heavy (non-hydrogen) atoms. The number of rotatable bonds is 8. The first-order valence-electron chi connectivity index (χ1n) is 11.0. The van der Waals surface area contributed by atoms with Crippen LogP contribution in [-0.2, 0) is 26.2 Å². The number of carbonyl (C=O) groups is 2. The van der Waals surface area contributed by atoms with E-state index in [4.69, 9.17) is 9.94 Å². The van der Waals surface area contributed by atoms with Crippen LogP contribution in [-0.4, -0.2) is 61.2 Å². The normalized spacial score (nSPS) is 14.7. The highest BCUT2D eigenvalue weighted by Gasteiger charge is 2.49. The zero-order chi connectivity index (χ0) is 25.9. The van der Waals surface area contributed by atoms with Crippen molar-refractivity contribution in [2.45, 2.75) is 30.4 Å². The second-order valence-corrected chi connectivity index (χ2v) is 10.3. The van der Waals surface area contributed by atoms with E-state index < -0.39 is 27.6 Å². The summed E-state index contributed by atoms with van der Waals surface area (Å²) in [5.41, 5.74) is 2.91. The van der Waals surface area contributed by atoms with Gasteiger partial charge in [-0.2, -0.15) is 0 Å². The van der Waals surface area contributed by atoms with E-state index in [2.05, 4.69) is 14.4 Å². The van der Waals surface area contributed by atoms with E-state index >= 15 is 0 Å². The van der Waals surface area contributed by atoms with Crippen molar-refractivity contribution >= 4 is 32.9 Å². The van der Waals surface area contributed by atoms with Gasteiger partial charge in [0.1, 0.15) is 12.4 Å². The number of aryl methyl sites for hydroxylation is 1. The largest absolute Gasteiger partial charge is 0.489 e. The van der Waals surface area contributed by atoms with Crippen LogP contribution < -0.4 is 14.9 Å². The first-order valence-corrected chi connectivity index (χ1v) is 12.5. The van der Waals surface area contributed by atoms with Crippen molar-refractivity contribution in [3.63, 3.8) is 0 Å². The van der Waals surface area contributed by atoms with Crippen molar-refractivity contribution in [3.8, 4) is 5.75 Å². The molecular weight excluding hydrogens is 488 g/mol. The first-order chi connectivity index (χ1) is 17.1. The van der Waals surface area contributed by atoms with Crippen molar-refractivity contribution in [2.24, 2.45) is 0 Å². The Morgan fingerprint density at radius 3 is 2.50 bits per heavy atom. The lowest BCUT2D eigenvalue weighted by atomic mass is 9.87. The Morgan fingerprint density at radius 2 is 1.83 bits per heavy atom. The molecule has 1 saturated heterocycles. The smallest absolute Gasteiger partial charge is 0.409 e. The molecule has 1 aromatic heterocycles. The number of hydrogen-bond acceptors (Lipinski definition) is 8. The highest BCUT2D eigenvalue weighted by molar-refractivity contribution is 7.89. The van der Waals surface area contributed by atoms with Gasteiger partial charge in [-0.15, -0.1) is 0 Å². The van der Waals surface area contributed by atoms with E-state index in [1.54, 1.807) is 12.1 Å². The number of likely N-dealkylation sites (tertiary alicyclic amines) is 1. The topological polar surface area (TPSA) is 147 Å². The van der Waals surface area contributed by atoms with Crippen LogP contribution in [0, 0.1) is 6.92 Å². The average Bonchev–Trinajstić information content (AvgIpc) is 2.84. The van der Waals surface area contributed by atoms with Crippen LogP contribution in [0.2, 0.25) is 0 Å². The van der Waals surface area contributed by atoms with Gasteiger partial charge in [0.2, 0.25) is 15.9 Å². The number of pyridine rings is 1. The molecule has 0 spiro atoms. The molecule has 3 aromatic rings. The Morgan fingerprint density at radius 1 is 1.14 bits per heavy atom. The molecule has 0 bridgehead atoms. The molecule has 2 heterocycles. The summed E-state index contributed by atoms with van der Waals surface area (Å²) in [6, 6.07) is 15.6. The quantitative estimate of drug-likeness (QED) is 0.306. The van der Waals surface area contributed by atoms with Gasteiger partial charge in [-0.05, 0) is 43.3 Å². The lowest BCUT2D eigenvalue weighted by Crippen LogP contribution is -2.72. The van der Waals surface area contributed by atoms with Gasteiger partial charge in [-0.25, -0.2) is 23.4 Å². The van der Waals surface area contributed by atoms with Gasteiger partial charge in [-0.1, -0.05) is 18.2 Å². The fraction of sp³-hybridized carbons (Fsp3) is 0.292. The molecule has 2 aromatic carbocycles. The molecule has 0 radical (unpaired) electrons. The molecule has 11 nitrogen and oxygen atoms in total. The summed E-state index contributed by atoms with van der Waals surface area (Å²) in [5.74, 6) is -0.313. The number of carbonyl (C=O) groups excluding carboxylic acids is 2. The van der Waals surface area contributed by atoms with Crippen LogP contribution in [0.15, 0.2) is 59.5 Å². The van der Waals surface area contributed by atoms with Crippen LogP contribution in [0.1, 0.15) is 17.7 Å². The monoisotopic (exact) mass is 514 g/mol. The van der Waals surface area contributed by atoms with E-state index in [9.17, 15) is 18.0 Å². The number of fused-ring (bicyclic) bond motifs is 1. The summed E-state index contributed by atoms with van der Waals surface area (Å²) in [7, 11) is -2.86. The molecule has 0 unspecified atom stereocenters. The van der Waals surface area contributed by atoms with E-state index in [-0.39, 0.29) is 31.0 Å². The number of amides is 2. The minimum absolute atomic E-state index is 0.0413. The zero-order valence-corrected chi connectivity index (χ0v) is 20.5. The number of nitrogens with zero attached hydrogens (tertiary/aromatic N) is 2. The van der Waals surface area contributed by atoms with Crippen LogP contribution in [0.4, 0.5) is 4.79 Å². The number of para-hydroxylation sites is 1. The van der Waals surface area contributed by atoms with Crippen molar-refractivity contribution in [1.29, 1.82) is 0 Å². The number of sulfonamides is 1. The summed E-state index contributed by atoms with van der Waals surface area (Å²) in [6.45, 7) is 2.00. The minimum atomic E-state index is -4.06. The van der Waals surface area contributed by atoms with Crippen molar-refractivity contribution in [1.82, 2.24) is 20.1 Å². The summed E-state index contributed by atoms with van der Waals surface area (Å²) < 4.78 is 39.1. The van der Waals surface area contributed by atoms with Gasteiger partial charge in [0.05, 0.1) is 29.5 Å². The SMILES string of the molecule is COC(=O)N1CC(CC(=O)NO)(NS(=O)(=O)c2ccc(OCc3cc(C)nc4ccccc34)cc2)C1. The number of ether oxygens (including phenoxy) is 2. The summed E-state index contributed by atoms with van der Waals surface area (Å²) in [4.78, 5) is 29.2. The molecule has 190 valence electrons. The zero-order valence-electron chi connectivity index (χ0n) is 19.7. The molecule has 0 aliphatic carbocycles. The highest BCUT2D eigenvalue weighted by atomic mass is 32.2. The summed E-state index contributed by atoms with van der Waals surface area (Å²) in [6.07, 6.45) is -1.01. The summed E-state index contributed by atoms with van der Waals surface area (Å²) >= 11 is 0. The minimum Gasteiger partial charge on any atom is -0.489 e. The second-order valence-electron chi connectivity index (χ2n) is 8.62. The Hall–Kier alpha value is -3.74. The highest BCUT2D eigenvalue weighted by Crippen LogP contribution is 2.28. The van der Waals surface area contributed by atoms with Gasteiger partial charge in [0.15, 0.2) is 0 Å². The molecule has 1 aliphatic heterocycles. The number of hydroxylamine groups is 1. The number of methoxy groups -OCH3 is 1. The molecule has 0 atom stereocenters. The van der Waals surface area contributed by atoms with Gasteiger partial charge < -0.3 is 14.4 Å². The summed E-state index contributed by atoms with van der Waals surface area (Å²) in [5, 5.41) is 9.87. The lowest BCUT2D eigenvalue weighted by molar-refractivity contribution is -0.132. The molecule has 0 saturated carbocycles. The number of aromatic nitrogens is 1. The molecular formula is C24H26N4O7S. The molecule has 3 N–H and O–H groups in total. The van der Waals surface area contributed by atoms with Gasteiger partial charge in [0.25, 0.3) is 0 Å². The third-order valence-corrected chi connectivity index (χ3v) is 7.45. The molecule has 4 rings (SSSR count). The van der Waals surface area contributed by atoms with Crippen molar-refractivity contribution in [2.75, 3.05) is 20.2 Å². The Kier molecular flexibility index (Phi) is 7.11. The standard InChI is InChI=1S/C24H26N4O7S/c1-16-11-17(20-5-3-4-6-21(20)25-16)13-35-18-7-9-19(10-8-18)36(32,33)27-24(12-22(29)26-31)14-28(15-24)23(30)34-2/h3-11,27,31H,12-15H2,1-2H3,(H,26,29). The van der Waals surface area contributed by atoms with Crippen LogP contribution >= 0.6 is 0 Å². The fourth-order valence-corrected chi connectivity index (χ4v) is 5.62. The van der Waals surface area contributed by atoms with Crippen molar-refractivity contribution < 1.29 is 32.7 Å². The number of hydrogen-bond donors (Lipinski definition) is 3. The first kappa shape index (κ1) is 25.4. The van der Waals surface area contributed by atoms with Gasteiger partial charge >= 0.3 is 6.09 Å². The number of benzene rings is 2. The van der Waals surface area contributed by atoms with Gasteiger partial charge in [0, 0.05) is 29.7 Å². The molecule has 2 amide bonds. The molecule has 1 aliphatic rings. The number of nitrogens with one attached hydrogen (secondary N) is 2. The Bertz CT molecular complexity index is 1390. The Balaban J connectivity index is 1.46. The van der Waals surface area contributed by atoms with Gasteiger partial charge in [-0.3, -0.25) is 15.0 Å². The Labute approximate surface area is 208 Å². The van der Waals surface area contributed by atoms with E-state index in [0.717, 1.165) is 22.2 Å². The maximum absolute atomic E-state index is 13.0. The van der Waals surface area contributed by atoms with Crippen LogP contribution in [0.5, 0.6) is 5.75 Å². The average molecular weight is 515 g/mol. The predicted octanol–water partition coefficient (Wildman–Crippen LogP) is 2.12. The van der Waals surface area contributed by atoms with Crippen LogP contribution in [0.25, 0.3) is 10.9 Å². The maximum atomic E-state index is 13.0. The molecule has 1 fully saturated rings. The second kappa shape index (κ2) is 10.1. The predicted molar refractivity (Wildman–Crippen MR) is 129 cm³/mol.